The lowest BCUT2D eigenvalue weighted by atomic mass is 9.97. The number of amides is 1. The molecule has 0 radical (unpaired) electrons. The Labute approximate surface area is 214 Å². The van der Waals surface area contributed by atoms with Gasteiger partial charge in [0.1, 0.15) is 17.2 Å². The molecule has 1 amide bonds. The first kappa shape index (κ1) is 24.1. The van der Waals surface area contributed by atoms with Crippen molar-refractivity contribution in [2.24, 2.45) is 0 Å². The third-order valence-corrected chi connectivity index (χ3v) is 6.54. The summed E-state index contributed by atoms with van der Waals surface area (Å²) in [5.74, 6) is 1.69. The number of carbonyl (C=O) groups excluding carboxylic acids is 1. The Hall–Kier alpha value is -4.59. The number of nitrogens with zero attached hydrogens (tertiary/aromatic N) is 3. The van der Waals surface area contributed by atoms with Crippen LogP contribution in [-0.2, 0) is 0 Å². The second-order valence-electron chi connectivity index (χ2n) is 8.58. The Morgan fingerprint density at radius 2 is 1.51 bits per heavy atom. The van der Waals surface area contributed by atoms with Crippen molar-refractivity contribution in [3.8, 4) is 22.9 Å². The number of ether oxygens (including phenoxy) is 3. The van der Waals surface area contributed by atoms with Gasteiger partial charge in [0.15, 0.2) is 5.69 Å². The van der Waals surface area contributed by atoms with Crippen molar-refractivity contribution < 1.29 is 19.0 Å². The highest BCUT2D eigenvalue weighted by Crippen LogP contribution is 2.41. The molecule has 4 aromatic rings. The summed E-state index contributed by atoms with van der Waals surface area (Å²) in [6.07, 6.45) is 2.60. The molecule has 0 saturated heterocycles. The summed E-state index contributed by atoms with van der Waals surface area (Å²) in [5, 5.41) is 5.52. The number of benzene rings is 3. The maximum absolute atomic E-state index is 13.7. The summed E-state index contributed by atoms with van der Waals surface area (Å²) in [5.41, 5.74) is 2.45. The van der Waals surface area contributed by atoms with E-state index in [0.29, 0.717) is 53.2 Å². The molecule has 0 saturated carbocycles. The highest BCUT2D eigenvalue weighted by atomic mass is 16.5. The minimum absolute atomic E-state index is 0.232. The number of aromatic nitrogens is 2. The van der Waals surface area contributed by atoms with E-state index < -0.39 is 0 Å². The van der Waals surface area contributed by atoms with Crippen LogP contribution in [0.15, 0.2) is 77.6 Å². The summed E-state index contributed by atoms with van der Waals surface area (Å²) in [6.45, 7) is 0.858. The molecule has 3 aromatic carbocycles. The van der Waals surface area contributed by atoms with E-state index in [1.54, 1.807) is 56.6 Å². The van der Waals surface area contributed by atoms with E-state index >= 15 is 0 Å². The molecule has 0 atom stereocenters. The zero-order valence-corrected chi connectivity index (χ0v) is 20.9. The van der Waals surface area contributed by atoms with Crippen LogP contribution < -0.4 is 19.8 Å². The molecule has 1 aliphatic heterocycles. The Kier molecular flexibility index (Phi) is 6.64. The quantitative estimate of drug-likeness (QED) is 0.394. The van der Waals surface area contributed by atoms with Crippen LogP contribution in [-0.4, -0.2) is 55.0 Å². The van der Waals surface area contributed by atoms with Crippen LogP contribution >= 0.6 is 0 Å². The van der Waals surface area contributed by atoms with Gasteiger partial charge in [-0.05, 0) is 30.2 Å². The number of hydrogen-bond acceptors (Lipinski definition) is 6. The van der Waals surface area contributed by atoms with E-state index in [0.717, 1.165) is 11.1 Å². The fourth-order valence-electron chi connectivity index (χ4n) is 4.64. The SMILES string of the molecule is COc1cc(OC)c(C2=CCN(C(=O)c3nn(-c4ccccc4)c(=O)c4ccccc34)CC2)c(OC)c1. The topological polar surface area (TPSA) is 82.9 Å². The molecule has 37 heavy (non-hydrogen) atoms. The van der Waals surface area contributed by atoms with E-state index in [4.69, 9.17) is 14.2 Å². The summed E-state index contributed by atoms with van der Waals surface area (Å²) < 4.78 is 17.9. The first-order chi connectivity index (χ1) is 18.0. The van der Waals surface area contributed by atoms with Gasteiger partial charge in [-0.1, -0.05) is 42.5 Å². The first-order valence-electron chi connectivity index (χ1n) is 11.9. The molecule has 5 rings (SSSR count). The van der Waals surface area contributed by atoms with Crippen LogP contribution in [0.3, 0.4) is 0 Å². The van der Waals surface area contributed by atoms with Gasteiger partial charge >= 0.3 is 0 Å². The Bertz CT molecular complexity index is 1530. The van der Waals surface area contributed by atoms with Crippen molar-refractivity contribution in [2.75, 3.05) is 34.4 Å². The standard InChI is InChI=1S/C29H27N3O5/c1-35-21-17-24(36-2)26(25(18-21)37-3)19-13-15-31(16-14-19)29(34)27-22-11-7-8-12-23(22)28(33)32(30-27)20-9-5-4-6-10-20/h4-13,17-18H,14-16H2,1-3H3. The predicted octanol–water partition coefficient (Wildman–Crippen LogP) is 4.34. The maximum atomic E-state index is 13.7. The van der Waals surface area contributed by atoms with Gasteiger partial charge in [-0.15, -0.1) is 0 Å². The van der Waals surface area contributed by atoms with Crippen molar-refractivity contribution in [2.45, 2.75) is 6.42 Å². The van der Waals surface area contributed by atoms with Crippen LogP contribution in [0.5, 0.6) is 17.2 Å². The smallest absolute Gasteiger partial charge is 0.279 e. The number of fused-ring (bicyclic) bond motifs is 1. The Balaban J connectivity index is 1.52. The molecule has 0 N–H and O–H groups in total. The van der Waals surface area contributed by atoms with E-state index in [1.165, 1.54) is 4.68 Å². The second-order valence-corrected chi connectivity index (χ2v) is 8.58. The molecule has 1 aliphatic rings. The van der Waals surface area contributed by atoms with Crippen LogP contribution in [0.2, 0.25) is 0 Å². The largest absolute Gasteiger partial charge is 0.496 e. The monoisotopic (exact) mass is 497 g/mol. The van der Waals surface area contributed by atoms with Crippen LogP contribution in [0, 0.1) is 0 Å². The first-order valence-corrected chi connectivity index (χ1v) is 11.9. The Morgan fingerprint density at radius 3 is 2.11 bits per heavy atom. The van der Waals surface area contributed by atoms with Gasteiger partial charge in [0.2, 0.25) is 0 Å². The van der Waals surface area contributed by atoms with E-state index in [9.17, 15) is 9.59 Å². The lowest BCUT2D eigenvalue weighted by Crippen LogP contribution is -2.37. The predicted molar refractivity (Wildman–Crippen MR) is 142 cm³/mol. The van der Waals surface area contributed by atoms with Gasteiger partial charge < -0.3 is 19.1 Å². The van der Waals surface area contributed by atoms with E-state index in [1.807, 2.05) is 42.5 Å². The molecule has 0 spiro atoms. The number of methoxy groups -OCH3 is 3. The summed E-state index contributed by atoms with van der Waals surface area (Å²) in [6, 6.07) is 19.9. The fourth-order valence-corrected chi connectivity index (χ4v) is 4.64. The van der Waals surface area contributed by atoms with Crippen LogP contribution in [0.4, 0.5) is 0 Å². The van der Waals surface area contributed by atoms with Gasteiger partial charge in [0, 0.05) is 30.6 Å². The second kappa shape index (κ2) is 10.2. The van der Waals surface area contributed by atoms with Gasteiger partial charge in [0.05, 0.1) is 38.0 Å². The highest BCUT2D eigenvalue weighted by molar-refractivity contribution is 6.05. The van der Waals surface area contributed by atoms with Gasteiger partial charge in [0.25, 0.3) is 11.5 Å². The number of para-hydroxylation sites is 1. The fraction of sp³-hybridized carbons (Fsp3) is 0.207. The molecule has 0 bridgehead atoms. The lowest BCUT2D eigenvalue weighted by molar-refractivity contribution is 0.0767. The minimum atomic E-state index is -0.266. The van der Waals surface area contributed by atoms with Gasteiger partial charge in [-0.2, -0.15) is 9.78 Å². The van der Waals surface area contributed by atoms with Crippen molar-refractivity contribution in [3.63, 3.8) is 0 Å². The summed E-state index contributed by atoms with van der Waals surface area (Å²) >= 11 is 0. The molecule has 8 heteroatoms. The summed E-state index contributed by atoms with van der Waals surface area (Å²) in [4.78, 5) is 28.7. The molecular weight excluding hydrogens is 470 g/mol. The Morgan fingerprint density at radius 1 is 0.865 bits per heavy atom. The lowest BCUT2D eigenvalue weighted by Gasteiger charge is -2.28. The zero-order valence-electron chi connectivity index (χ0n) is 20.9. The van der Waals surface area contributed by atoms with Crippen LogP contribution in [0.25, 0.3) is 22.0 Å². The number of rotatable bonds is 6. The normalized spacial score (nSPS) is 13.3. The van der Waals surface area contributed by atoms with Crippen molar-refractivity contribution in [3.05, 3.63) is 94.4 Å². The maximum Gasteiger partial charge on any atom is 0.279 e. The molecular formula is C29H27N3O5. The van der Waals surface area contributed by atoms with Crippen molar-refractivity contribution in [1.82, 2.24) is 14.7 Å². The third kappa shape index (κ3) is 4.42. The molecule has 1 aromatic heterocycles. The molecule has 2 heterocycles. The molecule has 0 fully saturated rings. The van der Waals surface area contributed by atoms with Crippen molar-refractivity contribution >= 4 is 22.3 Å². The van der Waals surface area contributed by atoms with Crippen LogP contribution in [0.1, 0.15) is 22.5 Å². The average molecular weight is 498 g/mol. The highest BCUT2D eigenvalue weighted by Gasteiger charge is 2.26. The third-order valence-electron chi connectivity index (χ3n) is 6.54. The van der Waals surface area contributed by atoms with Gasteiger partial charge in [-0.25, -0.2) is 0 Å². The number of carbonyl (C=O) groups is 1. The number of hydrogen-bond donors (Lipinski definition) is 0. The average Bonchev–Trinajstić information content (AvgIpc) is 2.97. The summed E-state index contributed by atoms with van der Waals surface area (Å²) in [7, 11) is 4.81. The molecule has 0 unspecified atom stereocenters. The van der Waals surface area contributed by atoms with Gasteiger partial charge in [-0.3, -0.25) is 9.59 Å². The molecule has 188 valence electrons. The van der Waals surface area contributed by atoms with E-state index in [2.05, 4.69) is 5.10 Å². The zero-order chi connectivity index (χ0) is 25.9. The molecule has 0 aliphatic carbocycles. The van der Waals surface area contributed by atoms with Crippen molar-refractivity contribution in [1.29, 1.82) is 0 Å². The van der Waals surface area contributed by atoms with E-state index in [-0.39, 0.29) is 17.2 Å². The minimum Gasteiger partial charge on any atom is -0.496 e. The molecule has 8 nitrogen and oxygen atoms in total.